The van der Waals surface area contributed by atoms with E-state index < -0.39 is 6.10 Å². The molecule has 0 saturated carbocycles. The van der Waals surface area contributed by atoms with Crippen molar-refractivity contribution in [2.75, 3.05) is 6.61 Å². The van der Waals surface area contributed by atoms with E-state index in [2.05, 4.69) is 4.98 Å². The molecule has 2 rings (SSSR count). The van der Waals surface area contributed by atoms with E-state index in [0.717, 1.165) is 23.3 Å². The highest BCUT2D eigenvalue weighted by Crippen LogP contribution is 2.24. The lowest BCUT2D eigenvalue weighted by atomic mass is 10.1. The number of nitrogens with zero attached hydrogens (tertiary/aromatic N) is 1. The van der Waals surface area contributed by atoms with Crippen LogP contribution in [0.3, 0.4) is 0 Å². The second kappa shape index (κ2) is 6.17. The summed E-state index contributed by atoms with van der Waals surface area (Å²) in [5, 5.41) is 9.63. The second-order valence-electron chi connectivity index (χ2n) is 4.17. The highest BCUT2D eigenvalue weighted by atomic mass is 16.5. The molecule has 0 fully saturated rings. The number of aliphatic hydroxyl groups excluding tert-OH is 1. The highest BCUT2D eigenvalue weighted by Gasteiger charge is 2.07. The minimum absolute atomic E-state index is 0.514. The quantitative estimate of drug-likeness (QED) is 0.878. The average molecular weight is 243 g/mol. The Balaban J connectivity index is 1.94. The lowest BCUT2D eigenvalue weighted by Crippen LogP contribution is -2.04. The summed E-state index contributed by atoms with van der Waals surface area (Å²) < 4.78 is 5.71. The van der Waals surface area contributed by atoms with Gasteiger partial charge in [0.2, 0.25) is 0 Å². The van der Waals surface area contributed by atoms with Crippen LogP contribution >= 0.6 is 0 Å². The fourth-order valence-electron chi connectivity index (χ4n) is 1.78. The predicted molar refractivity (Wildman–Crippen MR) is 70.5 cm³/mol. The Kier molecular flexibility index (Phi) is 4.31. The lowest BCUT2D eigenvalue weighted by Gasteiger charge is -2.13. The van der Waals surface area contributed by atoms with Gasteiger partial charge in [0.05, 0.1) is 12.7 Å². The lowest BCUT2D eigenvalue weighted by molar-refractivity contribution is 0.191. The Morgan fingerprint density at radius 1 is 1.22 bits per heavy atom. The molecule has 1 aromatic heterocycles. The highest BCUT2D eigenvalue weighted by molar-refractivity contribution is 5.34. The molecule has 94 valence electrons. The maximum Gasteiger partial charge on any atom is 0.125 e. The third-order valence-corrected chi connectivity index (χ3v) is 2.74. The Morgan fingerprint density at radius 2 is 2.06 bits per heavy atom. The van der Waals surface area contributed by atoms with Crippen molar-refractivity contribution >= 4 is 0 Å². The molecule has 0 bridgehead atoms. The van der Waals surface area contributed by atoms with E-state index in [-0.39, 0.29) is 0 Å². The van der Waals surface area contributed by atoms with Crippen molar-refractivity contribution in [2.24, 2.45) is 0 Å². The third kappa shape index (κ3) is 3.31. The number of pyridine rings is 1. The van der Waals surface area contributed by atoms with E-state index in [1.54, 1.807) is 13.1 Å². The smallest absolute Gasteiger partial charge is 0.125 e. The van der Waals surface area contributed by atoms with E-state index in [1.807, 2.05) is 42.6 Å². The maximum atomic E-state index is 9.63. The maximum absolute atomic E-state index is 9.63. The molecule has 18 heavy (non-hydrogen) atoms. The summed E-state index contributed by atoms with van der Waals surface area (Å²) >= 11 is 0. The van der Waals surface area contributed by atoms with E-state index in [1.165, 1.54) is 0 Å². The molecule has 0 aliphatic heterocycles. The fraction of sp³-hybridized carbons (Fsp3) is 0.267. The van der Waals surface area contributed by atoms with Gasteiger partial charge in [-0.1, -0.05) is 24.3 Å². The van der Waals surface area contributed by atoms with Crippen molar-refractivity contribution < 1.29 is 9.84 Å². The summed E-state index contributed by atoms with van der Waals surface area (Å²) in [6.45, 7) is 2.32. The number of para-hydroxylation sites is 1. The second-order valence-corrected chi connectivity index (χ2v) is 4.17. The summed E-state index contributed by atoms with van der Waals surface area (Å²) in [7, 11) is 0. The normalized spacial score (nSPS) is 12.1. The molecule has 0 saturated heterocycles. The Morgan fingerprint density at radius 3 is 2.78 bits per heavy atom. The molecule has 0 amide bonds. The number of aliphatic hydroxyl groups is 1. The Bertz CT molecular complexity index is 483. The first-order chi connectivity index (χ1) is 8.77. The van der Waals surface area contributed by atoms with E-state index >= 15 is 0 Å². The Labute approximate surface area is 107 Å². The van der Waals surface area contributed by atoms with Gasteiger partial charge in [-0.2, -0.15) is 0 Å². The van der Waals surface area contributed by atoms with Gasteiger partial charge in [-0.15, -0.1) is 0 Å². The topological polar surface area (TPSA) is 42.4 Å². The van der Waals surface area contributed by atoms with Gasteiger partial charge in [-0.25, -0.2) is 0 Å². The molecule has 1 atom stereocenters. The third-order valence-electron chi connectivity index (χ3n) is 2.74. The standard InChI is InChI=1S/C15H17NO2/c1-12(17)14-6-2-3-7-15(14)18-10-8-13-5-4-9-16-11-13/h2-7,9,11-12,17H,8,10H2,1H3/t12-/m1/s1. The van der Waals surface area contributed by atoms with Crippen molar-refractivity contribution in [2.45, 2.75) is 19.4 Å². The molecule has 0 spiro atoms. The summed E-state index contributed by atoms with van der Waals surface area (Å²) in [5.74, 6) is 0.747. The van der Waals surface area contributed by atoms with Crippen molar-refractivity contribution in [3.05, 3.63) is 59.9 Å². The molecule has 1 aromatic carbocycles. The van der Waals surface area contributed by atoms with E-state index in [4.69, 9.17) is 4.74 Å². The summed E-state index contributed by atoms with van der Waals surface area (Å²) in [6.07, 6.45) is 3.89. The van der Waals surface area contributed by atoms with Gasteiger partial charge >= 0.3 is 0 Å². The van der Waals surface area contributed by atoms with Gasteiger partial charge in [0, 0.05) is 24.4 Å². The zero-order valence-electron chi connectivity index (χ0n) is 10.4. The van der Waals surface area contributed by atoms with Crippen LogP contribution in [0.1, 0.15) is 24.2 Å². The fourth-order valence-corrected chi connectivity index (χ4v) is 1.78. The molecule has 1 N–H and O–H groups in total. The number of aromatic nitrogens is 1. The predicted octanol–water partition coefficient (Wildman–Crippen LogP) is 2.76. The first-order valence-corrected chi connectivity index (χ1v) is 6.06. The van der Waals surface area contributed by atoms with Crippen LogP contribution in [0.5, 0.6) is 5.75 Å². The number of benzene rings is 1. The van der Waals surface area contributed by atoms with Crippen LogP contribution in [-0.2, 0) is 6.42 Å². The van der Waals surface area contributed by atoms with Crippen LogP contribution in [0.25, 0.3) is 0 Å². The molecule has 3 heteroatoms. The number of ether oxygens (including phenoxy) is 1. The zero-order valence-corrected chi connectivity index (χ0v) is 10.4. The molecule has 3 nitrogen and oxygen atoms in total. The van der Waals surface area contributed by atoms with Gasteiger partial charge < -0.3 is 9.84 Å². The van der Waals surface area contributed by atoms with Crippen molar-refractivity contribution in [3.8, 4) is 5.75 Å². The molecule has 0 unspecified atom stereocenters. The Hall–Kier alpha value is -1.87. The molecular formula is C15H17NO2. The monoisotopic (exact) mass is 243 g/mol. The van der Waals surface area contributed by atoms with E-state index in [0.29, 0.717) is 6.61 Å². The minimum atomic E-state index is -0.514. The summed E-state index contributed by atoms with van der Waals surface area (Å²) in [6, 6.07) is 11.5. The van der Waals surface area contributed by atoms with Crippen LogP contribution in [0, 0.1) is 0 Å². The zero-order chi connectivity index (χ0) is 12.8. The average Bonchev–Trinajstić information content (AvgIpc) is 2.40. The number of hydrogen-bond acceptors (Lipinski definition) is 3. The molecule has 2 aromatic rings. The van der Waals surface area contributed by atoms with Crippen LogP contribution in [-0.4, -0.2) is 16.7 Å². The van der Waals surface area contributed by atoms with Gasteiger partial charge in [-0.3, -0.25) is 4.98 Å². The van der Waals surface area contributed by atoms with Crippen LogP contribution in [0.4, 0.5) is 0 Å². The first-order valence-electron chi connectivity index (χ1n) is 6.06. The first kappa shape index (κ1) is 12.6. The van der Waals surface area contributed by atoms with Crippen molar-refractivity contribution in [1.82, 2.24) is 4.98 Å². The minimum Gasteiger partial charge on any atom is -0.493 e. The molecule has 0 aliphatic rings. The number of rotatable bonds is 5. The van der Waals surface area contributed by atoms with E-state index in [9.17, 15) is 5.11 Å². The van der Waals surface area contributed by atoms with Crippen molar-refractivity contribution in [3.63, 3.8) is 0 Å². The van der Waals surface area contributed by atoms with Crippen LogP contribution in [0.15, 0.2) is 48.8 Å². The molecule has 1 heterocycles. The van der Waals surface area contributed by atoms with Crippen LogP contribution < -0.4 is 4.74 Å². The van der Waals surface area contributed by atoms with Gasteiger partial charge in [0.1, 0.15) is 5.75 Å². The van der Waals surface area contributed by atoms with Gasteiger partial charge in [0.25, 0.3) is 0 Å². The molecule has 0 aliphatic carbocycles. The molecular weight excluding hydrogens is 226 g/mol. The van der Waals surface area contributed by atoms with Gasteiger partial charge in [0.15, 0.2) is 0 Å². The van der Waals surface area contributed by atoms with Gasteiger partial charge in [-0.05, 0) is 24.6 Å². The largest absolute Gasteiger partial charge is 0.493 e. The SMILES string of the molecule is C[C@@H](O)c1ccccc1OCCc1cccnc1. The van der Waals surface area contributed by atoms with Crippen LogP contribution in [0.2, 0.25) is 0 Å². The molecule has 0 radical (unpaired) electrons. The van der Waals surface area contributed by atoms with Crippen molar-refractivity contribution in [1.29, 1.82) is 0 Å². The summed E-state index contributed by atoms with van der Waals surface area (Å²) in [5.41, 5.74) is 1.97. The number of hydrogen-bond donors (Lipinski definition) is 1. The summed E-state index contributed by atoms with van der Waals surface area (Å²) in [4.78, 5) is 4.06.